The van der Waals surface area contributed by atoms with Crippen LogP contribution in [0.3, 0.4) is 0 Å². The van der Waals surface area contributed by atoms with E-state index < -0.39 is 12.2 Å². The van der Waals surface area contributed by atoms with Gasteiger partial charge < -0.3 is 19.8 Å². The molecule has 2 aliphatic rings. The minimum absolute atomic E-state index is 0.00493. The third-order valence-corrected chi connectivity index (χ3v) is 7.75. The number of ether oxygens (including phenoxy) is 1. The monoisotopic (exact) mass is 512 g/mol. The minimum Gasteiger partial charge on any atom is -0.474 e. The van der Waals surface area contributed by atoms with Gasteiger partial charge >= 0.3 is 0 Å². The van der Waals surface area contributed by atoms with Crippen LogP contribution in [0.15, 0.2) is 36.5 Å². The first kappa shape index (κ1) is 24.6. The summed E-state index contributed by atoms with van der Waals surface area (Å²) in [5, 5.41) is 21.4. The van der Waals surface area contributed by atoms with Crippen molar-refractivity contribution in [2.45, 2.75) is 50.4 Å². The van der Waals surface area contributed by atoms with E-state index in [0.717, 1.165) is 5.56 Å². The van der Waals surface area contributed by atoms with Gasteiger partial charge in [-0.3, -0.25) is 4.79 Å². The van der Waals surface area contributed by atoms with Crippen LogP contribution in [0.2, 0.25) is 15.1 Å². The standard InChI is InChI=1S/C24H27Cl3N2O4/c1-13(33-23-7-4-16(25)10-28-23)17-11-29(24(32)15-3-6-21(30)22(31)9-15)12-18(17)14-2-5-19(26)20(27)8-14/h2,4-5,7-8,10,13,15,17-18,21-22,30-31H,3,6,9,11-12H2,1H3/t13?,15-,17?,18?,21-,22-/m0/s1. The van der Waals surface area contributed by atoms with Gasteiger partial charge in [0.15, 0.2) is 0 Å². The first-order chi connectivity index (χ1) is 15.7. The molecule has 6 atom stereocenters. The fraction of sp³-hybridized carbons (Fsp3) is 0.500. The lowest BCUT2D eigenvalue weighted by Crippen LogP contribution is -2.42. The molecule has 33 heavy (non-hydrogen) atoms. The largest absolute Gasteiger partial charge is 0.474 e. The van der Waals surface area contributed by atoms with E-state index in [9.17, 15) is 15.0 Å². The van der Waals surface area contributed by atoms with Gasteiger partial charge in [-0.2, -0.15) is 0 Å². The fourth-order valence-corrected chi connectivity index (χ4v) is 5.32. The predicted octanol–water partition coefficient (Wildman–Crippen LogP) is 4.57. The van der Waals surface area contributed by atoms with E-state index in [1.165, 1.54) is 6.20 Å². The van der Waals surface area contributed by atoms with Crippen molar-refractivity contribution in [1.82, 2.24) is 9.88 Å². The second-order valence-electron chi connectivity index (χ2n) is 8.97. The van der Waals surface area contributed by atoms with Crippen molar-refractivity contribution < 1.29 is 19.7 Å². The average molecular weight is 514 g/mol. The normalized spacial score (nSPS) is 28.5. The molecule has 1 aromatic carbocycles. The molecule has 3 unspecified atom stereocenters. The van der Waals surface area contributed by atoms with Crippen LogP contribution in [0.1, 0.15) is 37.7 Å². The number of nitrogens with zero attached hydrogens (tertiary/aromatic N) is 2. The number of hydrogen-bond acceptors (Lipinski definition) is 5. The van der Waals surface area contributed by atoms with E-state index in [-0.39, 0.29) is 36.2 Å². The lowest BCUT2D eigenvalue weighted by Gasteiger charge is -2.32. The first-order valence-corrected chi connectivity index (χ1v) is 12.2. The molecule has 178 valence electrons. The van der Waals surface area contributed by atoms with Crippen LogP contribution in [-0.2, 0) is 4.79 Å². The maximum absolute atomic E-state index is 13.3. The Morgan fingerprint density at radius 3 is 2.55 bits per heavy atom. The van der Waals surface area contributed by atoms with E-state index >= 15 is 0 Å². The zero-order valence-electron chi connectivity index (χ0n) is 18.2. The van der Waals surface area contributed by atoms with E-state index in [0.29, 0.717) is 46.9 Å². The van der Waals surface area contributed by atoms with Crippen molar-refractivity contribution >= 4 is 40.7 Å². The summed E-state index contributed by atoms with van der Waals surface area (Å²) in [5.41, 5.74) is 0.989. The number of pyridine rings is 1. The van der Waals surface area contributed by atoms with E-state index in [4.69, 9.17) is 39.5 Å². The molecule has 0 bridgehead atoms. The van der Waals surface area contributed by atoms with Gasteiger partial charge in [-0.25, -0.2) is 4.98 Å². The highest BCUT2D eigenvalue weighted by Crippen LogP contribution is 2.39. The van der Waals surface area contributed by atoms with Crippen molar-refractivity contribution in [1.29, 1.82) is 0 Å². The number of carbonyl (C=O) groups excluding carboxylic acids is 1. The molecule has 1 aromatic heterocycles. The number of benzene rings is 1. The van der Waals surface area contributed by atoms with Crippen molar-refractivity contribution in [3.05, 3.63) is 57.2 Å². The Kier molecular flexibility index (Phi) is 7.71. The summed E-state index contributed by atoms with van der Waals surface area (Å²) in [5.74, 6) is 0.151. The molecule has 2 N–H and O–H groups in total. The van der Waals surface area contributed by atoms with E-state index in [1.54, 1.807) is 18.2 Å². The van der Waals surface area contributed by atoms with Crippen LogP contribution in [0, 0.1) is 11.8 Å². The molecule has 1 aliphatic carbocycles. The van der Waals surface area contributed by atoms with Gasteiger partial charge in [0.25, 0.3) is 0 Å². The number of likely N-dealkylation sites (tertiary alicyclic amines) is 1. The lowest BCUT2D eigenvalue weighted by molar-refractivity contribution is -0.139. The minimum atomic E-state index is -0.866. The molecule has 1 amide bonds. The summed E-state index contributed by atoms with van der Waals surface area (Å²) in [6.07, 6.45) is 0.935. The third-order valence-electron chi connectivity index (χ3n) is 6.79. The van der Waals surface area contributed by atoms with E-state index in [2.05, 4.69) is 4.98 Å². The van der Waals surface area contributed by atoms with Gasteiger partial charge in [0, 0.05) is 43.1 Å². The van der Waals surface area contributed by atoms with Crippen molar-refractivity contribution in [2.24, 2.45) is 11.8 Å². The molecule has 4 rings (SSSR count). The van der Waals surface area contributed by atoms with Crippen LogP contribution in [0.5, 0.6) is 5.88 Å². The number of aliphatic hydroxyl groups is 2. The lowest BCUT2D eigenvalue weighted by atomic mass is 9.84. The Labute approximate surface area is 208 Å². The predicted molar refractivity (Wildman–Crippen MR) is 128 cm³/mol. The SMILES string of the molecule is CC(Oc1ccc(Cl)cn1)C1CN(C(=O)[C@H]2CC[C@H](O)[C@@H](O)C2)CC1c1ccc(Cl)c(Cl)c1. The number of halogens is 3. The summed E-state index contributed by atoms with van der Waals surface area (Å²) in [4.78, 5) is 19.4. The van der Waals surface area contributed by atoms with Crippen LogP contribution < -0.4 is 4.74 Å². The quantitative estimate of drug-likeness (QED) is 0.612. The molecule has 0 spiro atoms. The van der Waals surface area contributed by atoms with Crippen molar-refractivity contribution in [3.8, 4) is 5.88 Å². The molecular weight excluding hydrogens is 487 g/mol. The first-order valence-electron chi connectivity index (χ1n) is 11.1. The van der Waals surface area contributed by atoms with Crippen molar-refractivity contribution in [2.75, 3.05) is 13.1 Å². The number of rotatable bonds is 5. The highest BCUT2D eigenvalue weighted by molar-refractivity contribution is 6.42. The molecule has 2 fully saturated rings. The smallest absolute Gasteiger partial charge is 0.225 e. The van der Waals surface area contributed by atoms with Crippen LogP contribution in [0.25, 0.3) is 0 Å². The van der Waals surface area contributed by atoms with Gasteiger partial charge in [0.05, 0.1) is 27.3 Å². The van der Waals surface area contributed by atoms with Gasteiger partial charge in [-0.05, 0) is 49.9 Å². The summed E-state index contributed by atoms with van der Waals surface area (Å²) in [6, 6.07) is 9.00. The molecule has 2 aromatic rings. The summed E-state index contributed by atoms with van der Waals surface area (Å²) in [7, 11) is 0. The number of carbonyl (C=O) groups is 1. The molecule has 0 radical (unpaired) electrons. The number of aliphatic hydroxyl groups excluding tert-OH is 2. The van der Waals surface area contributed by atoms with Crippen LogP contribution in [0.4, 0.5) is 0 Å². The zero-order valence-corrected chi connectivity index (χ0v) is 20.5. The highest BCUT2D eigenvalue weighted by Gasteiger charge is 2.43. The Morgan fingerprint density at radius 1 is 1.09 bits per heavy atom. The summed E-state index contributed by atoms with van der Waals surface area (Å²) >= 11 is 18.4. The number of hydrogen-bond donors (Lipinski definition) is 2. The third kappa shape index (κ3) is 5.57. The zero-order chi connectivity index (χ0) is 23.7. The molecule has 2 heterocycles. The Bertz CT molecular complexity index is 990. The molecule has 1 saturated heterocycles. The Morgan fingerprint density at radius 2 is 1.88 bits per heavy atom. The van der Waals surface area contributed by atoms with Gasteiger partial charge in [0.2, 0.25) is 11.8 Å². The number of amides is 1. The molecule has 9 heteroatoms. The average Bonchev–Trinajstić information content (AvgIpc) is 3.24. The molecule has 1 saturated carbocycles. The van der Waals surface area contributed by atoms with Gasteiger partial charge in [-0.15, -0.1) is 0 Å². The summed E-state index contributed by atoms with van der Waals surface area (Å²) in [6.45, 7) is 2.99. The maximum Gasteiger partial charge on any atom is 0.225 e. The van der Waals surface area contributed by atoms with Gasteiger partial charge in [-0.1, -0.05) is 40.9 Å². The number of aromatic nitrogens is 1. The van der Waals surface area contributed by atoms with Crippen LogP contribution >= 0.6 is 34.8 Å². The maximum atomic E-state index is 13.3. The highest BCUT2D eigenvalue weighted by atomic mass is 35.5. The van der Waals surface area contributed by atoms with Crippen molar-refractivity contribution in [3.63, 3.8) is 0 Å². The molecule has 6 nitrogen and oxygen atoms in total. The second-order valence-corrected chi connectivity index (χ2v) is 10.2. The molecule has 1 aliphatic heterocycles. The van der Waals surface area contributed by atoms with Gasteiger partial charge in [0.1, 0.15) is 6.10 Å². The van der Waals surface area contributed by atoms with Crippen LogP contribution in [-0.4, -0.2) is 57.4 Å². The fourth-order valence-electron chi connectivity index (χ4n) is 4.90. The second kappa shape index (κ2) is 10.4. The summed E-state index contributed by atoms with van der Waals surface area (Å²) < 4.78 is 6.12. The topological polar surface area (TPSA) is 82.9 Å². The Hall–Kier alpha value is -1.57. The molecular formula is C24H27Cl3N2O4. The van der Waals surface area contributed by atoms with E-state index in [1.807, 2.05) is 24.0 Å². The Balaban J connectivity index is 1.55.